The van der Waals surface area contributed by atoms with Gasteiger partial charge in [-0.25, -0.2) is 9.37 Å². The van der Waals surface area contributed by atoms with Crippen molar-refractivity contribution < 1.29 is 9.18 Å². The first-order valence-corrected chi connectivity index (χ1v) is 11.4. The van der Waals surface area contributed by atoms with Gasteiger partial charge >= 0.3 is 0 Å². The number of aromatic nitrogens is 1. The van der Waals surface area contributed by atoms with Crippen molar-refractivity contribution in [3.8, 4) is 0 Å². The molecule has 4 nitrogen and oxygen atoms in total. The summed E-state index contributed by atoms with van der Waals surface area (Å²) in [6.07, 6.45) is 1.24. The van der Waals surface area contributed by atoms with Gasteiger partial charge < -0.3 is 4.90 Å². The molecule has 1 aromatic heterocycles. The van der Waals surface area contributed by atoms with Crippen LogP contribution < -0.4 is 4.90 Å². The number of aryl methyl sites for hydroxylation is 1. The summed E-state index contributed by atoms with van der Waals surface area (Å²) in [5.41, 5.74) is 2.10. The van der Waals surface area contributed by atoms with Gasteiger partial charge in [-0.05, 0) is 69.1 Å². The van der Waals surface area contributed by atoms with E-state index in [0.717, 1.165) is 44.5 Å². The molecule has 1 amide bonds. The maximum Gasteiger partial charge on any atom is 0.228 e. The molecule has 0 N–H and O–H groups in total. The molecule has 0 aliphatic carbocycles. The molecule has 0 aliphatic heterocycles. The fraction of sp³-hybridized carbons (Fsp3) is 0.364. The summed E-state index contributed by atoms with van der Waals surface area (Å²) in [5, 5.41) is 0.771. The Balaban J connectivity index is 1.64. The van der Waals surface area contributed by atoms with Crippen LogP contribution in [0.5, 0.6) is 0 Å². The Morgan fingerprint density at radius 3 is 2.59 bits per heavy atom. The fourth-order valence-corrected chi connectivity index (χ4v) is 4.84. The summed E-state index contributed by atoms with van der Waals surface area (Å²) in [5.74, 6) is 0.688. The number of fused-ring (bicyclic) bond motifs is 1. The standard InChI is InChI=1S/C22H26FN3OS2/c1-16-6-4-7-19-21(16)24-22(29-19)26(14-13-25(2)3)20(27)8-5-15-28-18-11-9-17(23)10-12-18/h4,6-7,9-12H,5,8,13-15H2,1-3H3. The summed E-state index contributed by atoms with van der Waals surface area (Å²) >= 11 is 3.22. The Morgan fingerprint density at radius 2 is 1.90 bits per heavy atom. The fourth-order valence-electron chi connectivity index (χ4n) is 2.90. The maximum absolute atomic E-state index is 13.0. The summed E-state index contributed by atoms with van der Waals surface area (Å²) in [4.78, 5) is 22.7. The van der Waals surface area contributed by atoms with E-state index in [1.54, 1.807) is 35.2 Å². The Morgan fingerprint density at radius 1 is 1.14 bits per heavy atom. The van der Waals surface area contributed by atoms with Crippen molar-refractivity contribution in [3.05, 3.63) is 53.8 Å². The minimum atomic E-state index is -0.230. The smallest absolute Gasteiger partial charge is 0.228 e. The molecule has 1 heterocycles. The number of anilines is 1. The van der Waals surface area contributed by atoms with Gasteiger partial charge in [-0.3, -0.25) is 9.69 Å². The van der Waals surface area contributed by atoms with Crippen molar-refractivity contribution in [2.75, 3.05) is 37.8 Å². The van der Waals surface area contributed by atoms with E-state index in [2.05, 4.69) is 11.0 Å². The van der Waals surface area contributed by atoms with E-state index in [-0.39, 0.29) is 11.7 Å². The maximum atomic E-state index is 13.0. The predicted molar refractivity (Wildman–Crippen MR) is 122 cm³/mol. The molecule has 0 aliphatic rings. The summed E-state index contributed by atoms with van der Waals surface area (Å²) in [6, 6.07) is 12.6. The third-order valence-corrected chi connectivity index (χ3v) is 6.67. The van der Waals surface area contributed by atoms with E-state index in [9.17, 15) is 9.18 Å². The highest BCUT2D eigenvalue weighted by molar-refractivity contribution is 7.99. The highest BCUT2D eigenvalue weighted by Gasteiger charge is 2.20. The van der Waals surface area contributed by atoms with Crippen molar-refractivity contribution in [2.45, 2.75) is 24.7 Å². The molecule has 29 heavy (non-hydrogen) atoms. The zero-order chi connectivity index (χ0) is 20.8. The molecule has 0 saturated heterocycles. The van der Waals surface area contributed by atoms with Gasteiger partial charge in [-0.15, -0.1) is 11.8 Å². The van der Waals surface area contributed by atoms with Gasteiger partial charge in [-0.2, -0.15) is 0 Å². The van der Waals surface area contributed by atoms with Crippen LogP contribution in [0.3, 0.4) is 0 Å². The Bertz CT molecular complexity index is 956. The number of amides is 1. The second kappa shape index (κ2) is 10.2. The Labute approximate surface area is 179 Å². The molecule has 7 heteroatoms. The summed E-state index contributed by atoms with van der Waals surface area (Å²) < 4.78 is 14.1. The number of carbonyl (C=O) groups is 1. The average molecular weight is 432 g/mol. The Hall–Kier alpha value is -1.96. The van der Waals surface area contributed by atoms with Crippen LogP contribution in [0, 0.1) is 12.7 Å². The predicted octanol–water partition coefficient (Wildman–Crippen LogP) is 5.21. The van der Waals surface area contributed by atoms with Crippen LogP contribution in [0.4, 0.5) is 9.52 Å². The molecule has 3 aromatic rings. The number of carbonyl (C=O) groups excluding carboxylic acids is 1. The van der Waals surface area contributed by atoms with Crippen molar-refractivity contribution in [3.63, 3.8) is 0 Å². The number of thiazole rings is 1. The lowest BCUT2D eigenvalue weighted by Gasteiger charge is -2.22. The van der Waals surface area contributed by atoms with E-state index in [1.807, 2.05) is 38.1 Å². The van der Waals surface area contributed by atoms with Gasteiger partial charge in [0.15, 0.2) is 5.13 Å². The molecule has 0 bridgehead atoms. The molecule has 0 atom stereocenters. The van der Waals surface area contributed by atoms with Crippen molar-refractivity contribution in [1.29, 1.82) is 0 Å². The van der Waals surface area contributed by atoms with Crippen molar-refractivity contribution in [1.82, 2.24) is 9.88 Å². The van der Waals surface area contributed by atoms with Gasteiger partial charge in [-0.1, -0.05) is 23.5 Å². The van der Waals surface area contributed by atoms with Gasteiger partial charge in [0.25, 0.3) is 0 Å². The number of hydrogen-bond donors (Lipinski definition) is 0. The zero-order valence-electron chi connectivity index (χ0n) is 17.0. The van der Waals surface area contributed by atoms with Crippen LogP contribution in [0.2, 0.25) is 0 Å². The van der Waals surface area contributed by atoms with Gasteiger partial charge in [0.1, 0.15) is 5.82 Å². The van der Waals surface area contributed by atoms with Crippen molar-refractivity contribution in [2.24, 2.45) is 0 Å². The molecule has 3 rings (SSSR count). The number of rotatable bonds is 9. The van der Waals surface area contributed by atoms with Crippen LogP contribution in [-0.2, 0) is 4.79 Å². The third-order valence-electron chi connectivity index (χ3n) is 4.53. The first-order valence-electron chi connectivity index (χ1n) is 9.63. The molecular weight excluding hydrogens is 405 g/mol. The van der Waals surface area contributed by atoms with Crippen LogP contribution in [0.1, 0.15) is 18.4 Å². The quantitative estimate of drug-likeness (QED) is 0.344. The molecule has 0 saturated carbocycles. The van der Waals surface area contributed by atoms with Crippen LogP contribution in [-0.4, -0.2) is 48.7 Å². The van der Waals surface area contributed by atoms with Crippen LogP contribution in [0.15, 0.2) is 47.4 Å². The van der Waals surface area contributed by atoms with Gasteiger partial charge in [0.05, 0.1) is 10.2 Å². The van der Waals surface area contributed by atoms with E-state index in [0.29, 0.717) is 13.0 Å². The number of nitrogens with zero attached hydrogens (tertiary/aromatic N) is 3. The molecule has 154 valence electrons. The first-order chi connectivity index (χ1) is 13.9. The molecule has 0 radical (unpaired) electrons. The highest BCUT2D eigenvalue weighted by atomic mass is 32.2. The van der Waals surface area contributed by atoms with Gasteiger partial charge in [0, 0.05) is 24.4 Å². The lowest BCUT2D eigenvalue weighted by Crippen LogP contribution is -2.36. The topological polar surface area (TPSA) is 36.4 Å². The second-order valence-electron chi connectivity index (χ2n) is 7.17. The number of para-hydroxylation sites is 1. The van der Waals surface area contributed by atoms with E-state index in [1.165, 1.54) is 12.1 Å². The molecule has 0 fully saturated rings. The van der Waals surface area contributed by atoms with Gasteiger partial charge in [0.2, 0.25) is 5.91 Å². The number of halogens is 1. The number of benzene rings is 2. The minimum Gasteiger partial charge on any atom is -0.308 e. The normalized spacial score (nSPS) is 11.3. The van der Waals surface area contributed by atoms with Crippen LogP contribution in [0.25, 0.3) is 10.2 Å². The first kappa shape index (κ1) is 21.7. The molecule has 0 unspecified atom stereocenters. The second-order valence-corrected chi connectivity index (χ2v) is 9.35. The van der Waals surface area contributed by atoms with E-state index < -0.39 is 0 Å². The Kier molecular flexibility index (Phi) is 7.64. The van der Waals surface area contributed by atoms with E-state index in [4.69, 9.17) is 4.98 Å². The number of hydrogen-bond acceptors (Lipinski definition) is 5. The van der Waals surface area contributed by atoms with Crippen LogP contribution >= 0.6 is 23.1 Å². The average Bonchev–Trinajstić information content (AvgIpc) is 3.12. The number of thioether (sulfide) groups is 1. The summed E-state index contributed by atoms with van der Waals surface area (Å²) in [6.45, 7) is 3.45. The molecular formula is C22H26FN3OS2. The minimum absolute atomic E-state index is 0.100. The zero-order valence-corrected chi connectivity index (χ0v) is 18.7. The van der Waals surface area contributed by atoms with E-state index >= 15 is 0 Å². The molecule has 0 spiro atoms. The highest BCUT2D eigenvalue weighted by Crippen LogP contribution is 2.31. The largest absolute Gasteiger partial charge is 0.308 e. The lowest BCUT2D eigenvalue weighted by molar-refractivity contribution is -0.118. The van der Waals surface area contributed by atoms with Crippen molar-refractivity contribution >= 4 is 44.4 Å². The third kappa shape index (κ3) is 6.01. The monoisotopic (exact) mass is 431 g/mol. The summed E-state index contributed by atoms with van der Waals surface area (Å²) in [7, 11) is 4.01. The molecule has 2 aromatic carbocycles. The number of likely N-dealkylation sites (N-methyl/N-ethyl adjacent to an activating group) is 1. The lowest BCUT2D eigenvalue weighted by atomic mass is 10.2. The SMILES string of the molecule is Cc1cccc2sc(N(CCN(C)C)C(=O)CCCSc3ccc(F)cc3)nc12.